The number of nitrogens with zero attached hydrogens (tertiary/aromatic N) is 2. The van der Waals surface area contributed by atoms with Crippen LogP contribution in [0.2, 0.25) is 182 Å². The van der Waals surface area contributed by atoms with Crippen LogP contribution in [0.1, 0.15) is 58.4 Å². The van der Waals surface area contributed by atoms with E-state index in [0.29, 0.717) is 24.1 Å². The molecule has 0 heterocycles. The highest BCUT2D eigenvalue weighted by Gasteiger charge is 2.52. The summed E-state index contributed by atoms with van der Waals surface area (Å²) in [7, 11) is -34.6. The lowest BCUT2D eigenvalue weighted by Crippen LogP contribution is -2.63. The SMILES string of the molecule is CCCC[Si](C)(C)O[Si](C)(C)O[Si](C)(C)O[Si](C)(C)O[Si](C)(C)O[Si](C)(C)O[Si](C)(C)O[Si](C)(C)O[Si](C)(C)O[Si](C)(C)O[Si](C)(C)O[Si](C)(C)O[Si](C)(C)CCCNS(=O)(=O)c1ccc(Nc2cccc(C[N+](C)(C)CCCC(C)C)c2)c([N+](=O)[O-])c1. The van der Waals surface area contributed by atoms with E-state index in [-0.39, 0.29) is 22.8 Å². The topological polar surface area (TPSA) is 212 Å². The molecule has 0 atom stereocenters. The minimum atomic E-state index is -4.07. The number of unbranched alkanes of at least 4 members (excludes halogenated alkanes) is 1. The molecule has 0 aromatic heterocycles. The summed E-state index contributed by atoms with van der Waals surface area (Å²) < 4.78 is 113. The normalized spacial score (nSPS) is 14.7. The Kier molecular flexibility index (Phi) is 30.3. The van der Waals surface area contributed by atoms with Crippen LogP contribution >= 0.6 is 0 Å². The first-order valence-corrected chi connectivity index (χ1v) is 70.2. The Morgan fingerprint density at radius 3 is 1.19 bits per heavy atom. The summed E-state index contributed by atoms with van der Waals surface area (Å²) in [6.45, 7) is 62.6. The quantitative estimate of drug-likeness (QED) is 0.0208. The second-order valence-electron chi connectivity index (χ2n) is 30.9. The number of benzene rings is 2. The van der Waals surface area contributed by atoms with Crippen LogP contribution in [0, 0.1) is 16.0 Å². The van der Waals surface area contributed by atoms with Crippen molar-refractivity contribution in [3.05, 3.63) is 58.1 Å². The first-order chi connectivity index (χ1) is 39.1. The van der Waals surface area contributed by atoms with E-state index < -0.39 is 126 Å². The van der Waals surface area contributed by atoms with E-state index in [1.807, 2.05) is 96.8 Å². The Morgan fingerprint density at radius 2 is 0.852 bits per heavy atom. The molecule has 88 heavy (non-hydrogen) atoms. The summed E-state index contributed by atoms with van der Waals surface area (Å²) in [5.74, 6) is 0.654. The van der Waals surface area contributed by atoms with Crippen LogP contribution in [0.4, 0.5) is 17.1 Å². The molecule has 2 aromatic carbocycles. The van der Waals surface area contributed by atoms with Gasteiger partial charge in [0.2, 0.25) is 10.0 Å². The predicted octanol–water partition coefficient (Wildman–Crippen LogP) is 16.1. The summed E-state index contributed by atoms with van der Waals surface area (Å²) in [5, 5.41) is 15.5. The number of anilines is 2. The largest absolute Gasteiger partial charge is 0.436 e. The van der Waals surface area contributed by atoms with Gasteiger partial charge < -0.3 is 59.2 Å². The van der Waals surface area contributed by atoms with Gasteiger partial charge in [-0.2, -0.15) is 0 Å². The smallest absolute Gasteiger partial charge is 0.314 e. The molecule has 34 heteroatoms. The van der Waals surface area contributed by atoms with Crippen LogP contribution in [0.25, 0.3) is 0 Å². The summed E-state index contributed by atoms with van der Waals surface area (Å²) in [6.07, 6.45) is 5.12. The third-order valence-corrected chi connectivity index (χ3v) is 65.4. The van der Waals surface area contributed by atoms with Gasteiger partial charge in [-0.1, -0.05) is 45.7 Å². The maximum atomic E-state index is 13.6. The molecule has 0 unspecified atom stereocenters. The number of nitrogens with one attached hydrogen (secondary N) is 2. The van der Waals surface area contributed by atoms with E-state index in [1.165, 1.54) is 25.0 Å². The van der Waals surface area contributed by atoms with Crippen molar-refractivity contribution in [3.8, 4) is 0 Å². The molecule has 0 saturated carbocycles. The van der Waals surface area contributed by atoms with Gasteiger partial charge in [-0.15, -0.1) is 0 Å². The number of nitro groups is 1. The highest BCUT2D eigenvalue weighted by molar-refractivity contribution is 7.89. The molecule has 0 spiro atoms. The van der Waals surface area contributed by atoms with Gasteiger partial charge in [0.05, 0.1) is 30.5 Å². The fourth-order valence-corrected chi connectivity index (χ4v) is 80.4. The van der Waals surface area contributed by atoms with Gasteiger partial charge in [-0.25, -0.2) is 13.1 Å². The molecule has 0 aliphatic carbocycles. The number of hydrogen-bond acceptors (Lipinski definition) is 17. The third-order valence-electron chi connectivity index (χ3n) is 13.2. The van der Waals surface area contributed by atoms with Crippen LogP contribution in [0.15, 0.2) is 47.4 Å². The zero-order valence-corrected chi connectivity index (χ0v) is 74.3. The molecule has 512 valence electrons. The molecule has 0 aliphatic rings. The summed E-state index contributed by atoms with van der Waals surface area (Å²) >= 11 is 0. The predicted molar refractivity (Wildman–Crippen MR) is 392 cm³/mol. The fraction of sp³-hybridized carbons (Fsp3) is 0.778. The summed E-state index contributed by atoms with van der Waals surface area (Å²) in [5.41, 5.74) is 1.65. The van der Waals surface area contributed by atoms with E-state index in [0.717, 1.165) is 48.1 Å². The number of rotatable bonds is 42. The van der Waals surface area contributed by atoms with Crippen molar-refractivity contribution >= 4 is 138 Å². The van der Waals surface area contributed by atoms with Gasteiger partial charge in [0.1, 0.15) is 12.2 Å². The van der Waals surface area contributed by atoms with Crippen molar-refractivity contribution in [1.29, 1.82) is 0 Å². The van der Waals surface area contributed by atoms with E-state index in [9.17, 15) is 18.5 Å². The Bertz CT molecular complexity index is 2690. The van der Waals surface area contributed by atoms with E-state index in [1.54, 1.807) is 0 Å². The van der Waals surface area contributed by atoms with Crippen LogP contribution < -0.4 is 10.0 Å². The van der Waals surface area contributed by atoms with Crippen LogP contribution in [-0.2, 0) is 65.9 Å². The van der Waals surface area contributed by atoms with Crippen molar-refractivity contribution < 1.29 is 67.2 Å². The molecular formula is C54H123N4O16SSi13+. The van der Waals surface area contributed by atoms with Gasteiger partial charge in [-0.05, 0) is 232 Å². The molecule has 2 rings (SSSR count). The van der Waals surface area contributed by atoms with E-state index in [4.69, 9.17) is 49.4 Å². The number of sulfonamides is 1. The summed E-state index contributed by atoms with van der Waals surface area (Å²) in [6, 6.07) is 13.5. The highest BCUT2D eigenvalue weighted by Crippen LogP contribution is 2.35. The molecule has 2 N–H and O–H groups in total. The van der Waals surface area contributed by atoms with Gasteiger partial charge in [0.25, 0.3) is 5.69 Å². The Labute approximate surface area is 549 Å². The molecule has 0 fully saturated rings. The van der Waals surface area contributed by atoms with Gasteiger partial charge >= 0.3 is 94.2 Å². The average Bonchev–Trinajstić information content (AvgIpc) is 3.36. The molecule has 0 saturated heterocycles. The van der Waals surface area contributed by atoms with Crippen LogP contribution in [-0.4, -0.2) is 156 Å². The first kappa shape index (κ1) is 83.9. The molecule has 0 aliphatic heterocycles. The fourth-order valence-electron chi connectivity index (χ4n) is 12.3. The standard InChI is InChI=1S/C54H123N4O16SSi13/c1-32-33-44-76(6,7)63-78(10,11)65-80(14,15)67-82(18,19)69-84(22,23)71-86(26,27)73-88(30,31)74-87(28,29)72-85(24,25)70-83(20,21)68-81(16,17)66-79(12,13)64-77(8,9)45-36-42-55-75(61,62)52-40-41-53(54(47-52)57(59)60)56-51-39-34-38-50(46-51)48-58(4,5)43-35-37-49(2)3/h34,38-41,46-47,49,55-56H,32-33,35-37,42-45,48H2,1-31H3/q+1. The van der Waals surface area contributed by atoms with Crippen LogP contribution in [0.5, 0.6) is 0 Å². The number of quaternary nitrogens is 1. The molecule has 20 nitrogen and oxygen atoms in total. The lowest BCUT2D eigenvalue weighted by Gasteiger charge is -2.45. The van der Waals surface area contributed by atoms with Gasteiger partial charge in [0, 0.05) is 23.9 Å². The van der Waals surface area contributed by atoms with Crippen molar-refractivity contribution in [2.75, 3.05) is 32.5 Å². The lowest BCUT2D eigenvalue weighted by atomic mass is 10.1. The average molecular weight is 1480 g/mol. The second kappa shape index (κ2) is 31.8. The minimum Gasteiger partial charge on any atom is -0.436 e. The van der Waals surface area contributed by atoms with Crippen molar-refractivity contribution in [3.63, 3.8) is 0 Å². The van der Waals surface area contributed by atoms with E-state index in [2.05, 4.69) is 143 Å². The zero-order chi connectivity index (χ0) is 68.5. The number of nitro benzene ring substituents is 1. The number of hydrogen-bond donors (Lipinski definition) is 2. The lowest BCUT2D eigenvalue weighted by molar-refractivity contribution is -0.903. The minimum absolute atomic E-state index is 0.129. The zero-order valence-electron chi connectivity index (χ0n) is 60.5. The maximum absolute atomic E-state index is 13.6. The van der Waals surface area contributed by atoms with Crippen molar-refractivity contribution in [2.24, 2.45) is 5.92 Å². The van der Waals surface area contributed by atoms with Crippen molar-refractivity contribution in [2.45, 2.75) is 247 Å². The van der Waals surface area contributed by atoms with Gasteiger partial charge in [-0.3, -0.25) is 10.1 Å². The van der Waals surface area contributed by atoms with Crippen molar-refractivity contribution in [1.82, 2.24) is 4.72 Å². The Morgan fingerprint density at radius 1 is 0.500 bits per heavy atom. The summed E-state index contributed by atoms with van der Waals surface area (Å²) in [4.78, 5) is 11.6. The Balaban J connectivity index is 2.02. The molecule has 0 amide bonds. The Hall–Kier alpha value is -0.151. The monoisotopic (exact) mass is 1480 g/mol. The second-order valence-corrected chi connectivity index (χ2v) is 81.3. The highest BCUT2D eigenvalue weighted by atomic mass is 32.2. The molecule has 2 aromatic rings. The van der Waals surface area contributed by atoms with Crippen LogP contribution in [0.3, 0.4) is 0 Å². The molecule has 0 radical (unpaired) electrons. The molecule has 0 bridgehead atoms. The van der Waals surface area contributed by atoms with Gasteiger partial charge in [0.15, 0.2) is 16.6 Å². The third kappa shape index (κ3) is 34.0. The maximum Gasteiger partial charge on any atom is 0.314 e. The first-order valence-electron chi connectivity index (χ1n) is 31.5. The van der Waals surface area contributed by atoms with E-state index >= 15 is 0 Å². The molecular weight excluding hydrogens is 1360 g/mol.